The van der Waals surface area contributed by atoms with Gasteiger partial charge in [0.1, 0.15) is 17.4 Å². The molecular formula is C17H16F2O2. The average Bonchev–Trinajstić information content (AvgIpc) is 2.92. The molecule has 0 spiro atoms. The second kappa shape index (κ2) is 5.82. The SMILES string of the molecule is OC(CCc1ccc2c(c1)CCO2)c1ccc(F)cc1F. The number of hydrogen-bond donors (Lipinski definition) is 1. The van der Waals surface area contributed by atoms with E-state index in [1.165, 1.54) is 11.6 Å². The molecule has 2 nitrogen and oxygen atoms in total. The monoisotopic (exact) mass is 290 g/mol. The first-order valence-electron chi connectivity index (χ1n) is 7.01. The van der Waals surface area contributed by atoms with Gasteiger partial charge in [-0.15, -0.1) is 0 Å². The highest BCUT2D eigenvalue weighted by atomic mass is 19.1. The lowest BCUT2D eigenvalue weighted by molar-refractivity contribution is 0.163. The van der Waals surface area contributed by atoms with Crippen molar-refractivity contribution >= 4 is 0 Å². The van der Waals surface area contributed by atoms with E-state index >= 15 is 0 Å². The highest BCUT2D eigenvalue weighted by Crippen LogP contribution is 2.28. The fourth-order valence-electron chi connectivity index (χ4n) is 2.63. The number of aliphatic hydroxyl groups excluding tert-OH is 1. The van der Waals surface area contributed by atoms with Gasteiger partial charge in [-0.05, 0) is 36.1 Å². The van der Waals surface area contributed by atoms with Gasteiger partial charge in [-0.25, -0.2) is 8.78 Å². The van der Waals surface area contributed by atoms with Crippen LogP contribution < -0.4 is 4.74 Å². The van der Waals surface area contributed by atoms with E-state index < -0.39 is 17.7 Å². The van der Waals surface area contributed by atoms with Crippen LogP contribution in [-0.4, -0.2) is 11.7 Å². The lowest BCUT2D eigenvalue weighted by Gasteiger charge is -2.12. The quantitative estimate of drug-likeness (QED) is 0.933. The van der Waals surface area contributed by atoms with Gasteiger partial charge in [0.15, 0.2) is 0 Å². The van der Waals surface area contributed by atoms with Gasteiger partial charge < -0.3 is 9.84 Å². The van der Waals surface area contributed by atoms with Crippen molar-refractivity contribution in [1.29, 1.82) is 0 Å². The van der Waals surface area contributed by atoms with E-state index in [0.29, 0.717) is 19.4 Å². The topological polar surface area (TPSA) is 29.5 Å². The van der Waals surface area contributed by atoms with Crippen molar-refractivity contribution in [2.45, 2.75) is 25.4 Å². The maximum atomic E-state index is 13.6. The Balaban J connectivity index is 1.67. The maximum Gasteiger partial charge on any atom is 0.131 e. The number of hydrogen-bond acceptors (Lipinski definition) is 2. The number of fused-ring (bicyclic) bond motifs is 1. The predicted molar refractivity (Wildman–Crippen MR) is 75.3 cm³/mol. The number of ether oxygens (including phenoxy) is 1. The molecule has 0 aliphatic carbocycles. The number of aryl methyl sites for hydroxylation is 1. The van der Waals surface area contributed by atoms with Crippen LogP contribution in [0.2, 0.25) is 0 Å². The van der Waals surface area contributed by atoms with E-state index in [1.54, 1.807) is 0 Å². The summed E-state index contributed by atoms with van der Waals surface area (Å²) >= 11 is 0. The third-order valence-corrected chi connectivity index (χ3v) is 3.78. The largest absolute Gasteiger partial charge is 0.493 e. The predicted octanol–water partition coefficient (Wildman–Crippen LogP) is 3.57. The summed E-state index contributed by atoms with van der Waals surface area (Å²) in [6.07, 6.45) is 0.987. The highest BCUT2D eigenvalue weighted by Gasteiger charge is 2.15. The molecular weight excluding hydrogens is 274 g/mol. The molecule has 1 N–H and O–H groups in total. The van der Waals surface area contributed by atoms with Gasteiger partial charge in [0.05, 0.1) is 12.7 Å². The van der Waals surface area contributed by atoms with Crippen molar-refractivity contribution in [3.63, 3.8) is 0 Å². The molecule has 110 valence electrons. The molecule has 1 heterocycles. The average molecular weight is 290 g/mol. The lowest BCUT2D eigenvalue weighted by atomic mass is 9.99. The van der Waals surface area contributed by atoms with E-state index in [4.69, 9.17) is 4.74 Å². The Bertz CT molecular complexity index is 655. The summed E-state index contributed by atoms with van der Waals surface area (Å²) in [6.45, 7) is 0.711. The van der Waals surface area contributed by atoms with Crippen molar-refractivity contribution in [1.82, 2.24) is 0 Å². The Morgan fingerprint density at radius 2 is 2.00 bits per heavy atom. The Morgan fingerprint density at radius 3 is 2.81 bits per heavy atom. The van der Waals surface area contributed by atoms with Crippen LogP contribution in [0.15, 0.2) is 36.4 Å². The third-order valence-electron chi connectivity index (χ3n) is 3.78. The Kier molecular flexibility index (Phi) is 3.88. The summed E-state index contributed by atoms with van der Waals surface area (Å²) < 4.78 is 31.9. The van der Waals surface area contributed by atoms with Gasteiger partial charge in [0, 0.05) is 18.1 Å². The molecule has 1 unspecified atom stereocenters. The molecule has 1 atom stereocenters. The zero-order chi connectivity index (χ0) is 14.8. The van der Waals surface area contributed by atoms with Crippen LogP contribution in [0.25, 0.3) is 0 Å². The minimum atomic E-state index is -0.935. The van der Waals surface area contributed by atoms with E-state index in [9.17, 15) is 13.9 Å². The van der Waals surface area contributed by atoms with Crippen LogP contribution in [0.1, 0.15) is 29.2 Å². The van der Waals surface area contributed by atoms with Crippen molar-refractivity contribution in [3.05, 3.63) is 64.7 Å². The Morgan fingerprint density at radius 1 is 1.14 bits per heavy atom. The molecule has 0 amide bonds. The van der Waals surface area contributed by atoms with Crippen molar-refractivity contribution in [3.8, 4) is 5.75 Å². The zero-order valence-electron chi connectivity index (χ0n) is 11.5. The minimum Gasteiger partial charge on any atom is -0.493 e. The first kappa shape index (κ1) is 14.0. The van der Waals surface area contributed by atoms with Crippen LogP contribution >= 0.6 is 0 Å². The standard InChI is InChI=1S/C17H16F2O2/c18-13-3-4-14(15(19)10-13)16(20)5-1-11-2-6-17-12(9-11)7-8-21-17/h2-4,6,9-10,16,20H,1,5,7-8H2. The molecule has 3 rings (SSSR count). The van der Waals surface area contributed by atoms with Crippen LogP contribution in [0.4, 0.5) is 8.78 Å². The van der Waals surface area contributed by atoms with Gasteiger partial charge in [-0.3, -0.25) is 0 Å². The lowest BCUT2D eigenvalue weighted by Crippen LogP contribution is -2.03. The summed E-state index contributed by atoms with van der Waals surface area (Å²) in [4.78, 5) is 0. The molecule has 0 aromatic heterocycles. The summed E-state index contributed by atoms with van der Waals surface area (Å²) in [7, 11) is 0. The highest BCUT2D eigenvalue weighted by molar-refractivity contribution is 5.39. The van der Waals surface area contributed by atoms with Gasteiger partial charge in [-0.2, -0.15) is 0 Å². The number of rotatable bonds is 4. The smallest absolute Gasteiger partial charge is 0.131 e. The Hall–Kier alpha value is -1.94. The Labute approximate surface area is 122 Å². The molecule has 0 saturated carbocycles. The van der Waals surface area contributed by atoms with Crippen LogP contribution in [0.5, 0.6) is 5.75 Å². The molecule has 2 aromatic carbocycles. The maximum absolute atomic E-state index is 13.6. The number of aliphatic hydroxyl groups is 1. The van der Waals surface area contributed by atoms with Crippen LogP contribution in [-0.2, 0) is 12.8 Å². The molecule has 1 aliphatic heterocycles. The van der Waals surface area contributed by atoms with Crippen LogP contribution in [0.3, 0.4) is 0 Å². The third kappa shape index (κ3) is 3.05. The molecule has 21 heavy (non-hydrogen) atoms. The number of benzene rings is 2. The molecule has 0 fully saturated rings. The van der Waals surface area contributed by atoms with E-state index in [2.05, 4.69) is 6.07 Å². The molecule has 0 radical (unpaired) electrons. The first-order valence-corrected chi connectivity index (χ1v) is 7.01. The minimum absolute atomic E-state index is 0.140. The van der Waals surface area contributed by atoms with Crippen molar-refractivity contribution < 1.29 is 18.6 Å². The summed E-state index contributed by atoms with van der Waals surface area (Å²) in [6, 6.07) is 9.21. The van der Waals surface area contributed by atoms with Crippen molar-refractivity contribution in [2.24, 2.45) is 0 Å². The van der Waals surface area contributed by atoms with Gasteiger partial charge >= 0.3 is 0 Å². The number of halogens is 2. The van der Waals surface area contributed by atoms with Gasteiger partial charge in [0.25, 0.3) is 0 Å². The summed E-state index contributed by atoms with van der Waals surface area (Å²) in [5.41, 5.74) is 2.40. The zero-order valence-corrected chi connectivity index (χ0v) is 11.5. The molecule has 1 aliphatic rings. The van der Waals surface area contributed by atoms with Gasteiger partial charge in [-0.1, -0.05) is 18.2 Å². The summed E-state index contributed by atoms with van der Waals surface area (Å²) in [5.74, 6) is -0.421. The molecule has 4 heteroatoms. The van der Waals surface area contributed by atoms with Gasteiger partial charge in [0.2, 0.25) is 0 Å². The second-order valence-corrected chi connectivity index (χ2v) is 5.26. The molecule has 0 bridgehead atoms. The van der Waals surface area contributed by atoms with E-state index in [0.717, 1.165) is 29.9 Å². The van der Waals surface area contributed by atoms with E-state index in [1.807, 2.05) is 12.1 Å². The van der Waals surface area contributed by atoms with E-state index in [-0.39, 0.29) is 5.56 Å². The summed E-state index contributed by atoms with van der Waals surface area (Å²) in [5, 5.41) is 10.1. The fraction of sp³-hybridized carbons (Fsp3) is 0.294. The second-order valence-electron chi connectivity index (χ2n) is 5.26. The fourth-order valence-corrected chi connectivity index (χ4v) is 2.63. The molecule has 0 saturated heterocycles. The first-order chi connectivity index (χ1) is 10.1. The molecule has 2 aromatic rings. The van der Waals surface area contributed by atoms with Crippen LogP contribution in [0, 0.1) is 11.6 Å². The normalized spacial score (nSPS) is 14.6. The van der Waals surface area contributed by atoms with Crippen molar-refractivity contribution in [2.75, 3.05) is 6.61 Å².